The van der Waals surface area contributed by atoms with Crippen LogP contribution in [0.3, 0.4) is 0 Å². The van der Waals surface area contributed by atoms with E-state index in [1.54, 1.807) is 7.05 Å². The Morgan fingerprint density at radius 3 is 2.80 bits per heavy atom. The van der Waals surface area contributed by atoms with Gasteiger partial charge >= 0.3 is 0 Å². The van der Waals surface area contributed by atoms with Crippen LogP contribution in [0.1, 0.15) is 19.8 Å². The average Bonchev–Trinajstić information content (AvgIpc) is 2.78. The van der Waals surface area contributed by atoms with Gasteiger partial charge in [-0.2, -0.15) is 0 Å². The molecule has 3 rings (SSSR count). The van der Waals surface area contributed by atoms with E-state index in [2.05, 4.69) is 22.5 Å². The molecule has 0 aliphatic carbocycles. The Labute approximate surface area is 178 Å². The quantitative estimate of drug-likeness (QED) is 0.544. The Morgan fingerprint density at radius 1 is 1.27 bits per heavy atom. The first-order valence-corrected chi connectivity index (χ1v) is 10.6. The van der Waals surface area contributed by atoms with E-state index in [1.807, 2.05) is 37.4 Å². The van der Waals surface area contributed by atoms with Crippen molar-refractivity contribution in [1.29, 1.82) is 0 Å². The van der Waals surface area contributed by atoms with E-state index in [0.717, 1.165) is 49.8 Å². The van der Waals surface area contributed by atoms with Crippen LogP contribution in [0.5, 0.6) is 5.75 Å². The molecular weight excluding hydrogens is 382 g/mol. The largest absolute Gasteiger partial charge is 0.491 e. The third-order valence-corrected chi connectivity index (χ3v) is 5.13. The summed E-state index contributed by atoms with van der Waals surface area (Å²) in [6.45, 7) is 5.19. The van der Waals surface area contributed by atoms with E-state index < -0.39 is 6.10 Å². The van der Waals surface area contributed by atoms with Crippen molar-refractivity contribution in [2.24, 2.45) is 0 Å². The Bertz CT molecular complexity index is 798. The van der Waals surface area contributed by atoms with Gasteiger partial charge in [-0.05, 0) is 38.9 Å². The maximum Gasteiger partial charge on any atom is 0.163 e. The summed E-state index contributed by atoms with van der Waals surface area (Å²) in [7, 11) is 3.82. The van der Waals surface area contributed by atoms with Crippen LogP contribution in [-0.4, -0.2) is 74.2 Å². The topological polar surface area (TPSA) is 91.8 Å². The highest BCUT2D eigenvalue weighted by molar-refractivity contribution is 5.63. The molecule has 0 bridgehead atoms. The molecule has 3 N–H and O–H groups in total. The number of benzene rings is 1. The number of aliphatic hydroxyl groups excluding tert-OH is 1. The van der Waals surface area contributed by atoms with E-state index in [1.165, 1.54) is 0 Å². The number of hydrogen-bond acceptors (Lipinski definition) is 8. The standard InChI is InChI=1S/C22H33N5O3/c1-4-27(3)21-13-20(24-17-8-10-29-11-9-17)25-22(26-21)16-6-5-7-19(12-16)30-15-18(28)14-23-2/h5-7,12-13,17-18,23,28H,4,8-11,14-15H2,1-3H3,(H,24,25,26). The summed E-state index contributed by atoms with van der Waals surface area (Å²) in [4.78, 5) is 11.6. The van der Waals surface area contributed by atoms with Crippen LogP contribution in [0.25, 0.3) is 11.4 Å². The summed E-state index contributed by atoms with van der Waals surface area (Å²) in [5, 5.41) is 16.4. The minimum atomic E-state index is -0.563. The maximum absolute atomic E-state index is 9.88. The zero-order valence-electron chi connectivity index (χ0n) is 18.1. The SMILES string of the molecule is CCN(C)c1cc(NC2CCOCC2)nc(-c2cccc(OCC(O)CNC)c2)n1. The zero-order valence-corrected chi connectivity index (χ0v) is 18.1. The molecule has 1 fully saturated rings. The first-order valence-electron chi connectivity index (χ1n) is 10.6. The van der Waals surface area contributed by atoms with Crippen LogP contribution in [0.4, 0.5) is 11.6 Å². The predicted molar refractivity (Wildman–Crippen MR) is 119 cm³/mol. The van der Waals surface area contributed by atoms with Crippen LogP contribution < -0.4 is 20.3 Å². The summed E-state index contributed by atoms with van der Waals surface area (Å²) in [5.41, 5.74) is 0.872. The molecule has 8 heteroatoms. The summed E-state index contributed by atoms with van der Waals surface area (Å²) < 4.78 is 11.2. The van der Waals surface area contributed by atoms with Gasteiger partial charge in [0.1, 0.15) is 30.1 Å². The van der Waals surface area contributed by atoms with Crippen molar-refractivity contribution < 1.29 is 14.6 Å². The molecule has 8 nitrogen and oxygen atoms in total. The Morgan fingerprint density at radius 2 is 2.07 bits per heavy atom. The first kappa shape index (κ1) is 22.3. The Hall–Kier alpha value is -2.42. The highest BCUT2D eigenvalue weighted by Crippen LogP contribution is 2.26. The van der Waals surface area contributed by atoms with Crippen LogP contribution >= 0.6 is 0 Å². The molecule has 2 aromatic rings. The number of likely N-dealkylation sites (N-methyl/N-ethyl adjacent to an activating group) is 1. The number of ether oxygens (including phenoxy) is 2. The third-order valence-electron chi connectivity index (χ3n) is 5.13. The molecule has 0 spiro atoms. The van der Waals surface area contributed by atoms with Crippen LogP contribution in [0.2, 0.25) is 0 Å². The van der Waals surface area contributed by atoms with Crippen molar-refractivity contribution in [3.05, 3.63) is 30.3 Å². The highest BCUT2D eigenvalue weighted by atomic mass is 16.5. The number of aromatic nitrogens is 2. The zero-order chi connectivity index (χ0) is 21.3. The highest BCUT2D eigenvalue weighted by Gasteiger charge is 2.16. The number of aliphatic hydroxyl groups is 1. The lowest BCUT2D eigenvalue weighted by Gasteiger charge is -2.25. The van der Waals surface area contributed by atoms with E-state index in [9.17, 15) is 5.11 Å². The Balaban J connectivity index is 1.82. The summed E-state index contributed by atoms with van der Waals surface area (Å²) in [5.74, 6) is 3.01. The molecule has 1 atom stereocenters. The molecule has 2 heterocycles. The van der Waals surface area contributed by atoms with Crippen LogP contribution in [0.15, 0.2) is 30.3 Å². The molecule has 1 aromatic carbocycles. The van der Waals surface area contributed by atoms with Crippen molar-refractivity contribution in [3.8, 4) is 17.1 Å². The predicted octanol–water partition coefficient (Wildman–Crippen LogP) is 2.15. The van der Waals surface area contributed by atoms with Gasteiger partial charge in [0.25, 0.3) is 0 Å². The lowest BCUT2D eigenvalue weighted by molar-refractivity contribution is 0.0904. The molecule has 164 valence electrons. The second kappa shape index (κ2) is 11.1. The third kappa shape index (κ3) is 6.29. The fourth-order valence-corrected chi connectivity index (χ4v) is 3.26. The second-order valence-electron chi connectivity index (χ2n) is 7.53. The minimum Gasteiger partial charge on any atom is -0.491 e. The van der Waals surface area contributed by atoms with Gasteiger partial charge in [0.2, 0.25) is 0 Å². The molecule has 1 aliphatic rings. The molecule has 1 aliphatic heterocycles. The number of nitrogens with one attached hydrogen (secondary N) is 2. The molecular formula is C22H33N5O3. The van der Waals surface area contributed by atoms with Gasteiger partial charge in [-0.3, -0.25) is 0 Å². The van der Waals surface area contributed by atoms with Crippen LogP contribution in [-0.2, 0) is 4.74 Å². The smallest absolute Gasteiger partial charge is 0.163 e. The number of anilines is 2. The summed E-state index contributed by atoms with van der Waals surface area (Å²) in [6, 6.07) is 10.0. The van der Waals surface area contributed by atoms with Gasteiger partial charge in [0, 0.05) is 51.0 Å². The summed E-state index contributed by atoms with van der Waals surface area (Å²) >= 11 is 0. The molecule has 1 unspecified atom stereocenters. The molecule has 0 amide bonds. The van der Waals surface area contributed by atoms with Crippen molar-refractivity contribution in [2.75, 3.05) is 57.2 Å². The van der Waals surface area contributed by atoms with E-state index in [4.69, 9.17) is 19.4 Å². The fourth-order valence-electron chi connectivity index (χ4n) is 3.26. The van der Waals surface area contributed by atoms with Crippen molar-refractivity contribution >= 4 is 11.6 Å². The monoisotopic (exact) mass is 415 g/mol. The maximum atomic E-state index is 9.88. The molecule has 0 radical (unpaired) electrons. The van der Waals surface area contributed by atoms with Crippen LogP contribution in [0, 0.1) is 0 Å². The van der Waals surface area contributed by atoms with Crippen molar-refractivity contribution in [1.82, 2.24) is 15.3 Å². The first-order chi connectivity index (χ1) is 14.6. The summed E-state index contributed by atoms with van der Waals surface area (Å²) in [6.07, 6.45) is 1.37. The Kier molecular flexibility index (Phi) is 8.24. The normalized spacial score (nSPS) is 15.6. The second-order valence-corrected chi connectivity index (χ2v) is 7.53. The average molecular weight is 416 g/mol. The number of rotatable bonds is 10. The van der Waals surface area contributed by atoms with Gasteiger partial charge in [0.05, 0.1) is 0 Å². The molecule has 30 heavy (non-hydrogen) atoms. The van der Waals surface area contributed by atoms with Gasteiger partial charge < -0.3 is 30.1 Å². The number of nitrogens with zero attached hydrogens (tertiary/aromatic N) is 3. The van der Waals surface area contributed by atoms with Crippen molar-refractivity contribution in [2.45, 2.75) is 31.9 Å². The van der Waals surface area contributed by atoms with E-state index in [-0.39, 0.29) is 6.61 Å². The van der Waals surface area contributed by atoms with Gasteiger partial charge in [-0.1, -0.05) is 12.1 Å². The molecule has 0 saturated carbocycles. The van der Waals surface area contributed by atoms with Crippen molar-refractivity contribution in [3.63, 3.8) is 0 Å². The van der Waals surface area contributed by atoms with E-state index >= 15 is 0 Å². The van der Waals surface area contributed by atoms with Gasteiger partial charge in [0.15, 0.2) is 5.82 Å². The molecule has 1 aromatic heterocycles. The lowest BCUT2D eigenvalue weighted by Crippen LogP contribution is -2.29. The fraction of sp³-hybridized carbons (Fsp3) is 0.545. The number of hydrogen-bond donors (Lipinski definition) is 3. The van der Waals surface area contributed by atoms with Gasteiger partial charge in [-0.15, -0.1) is 0 Å². The van der Waals surface area contributed by atoms with E-state index in [0.29, 0.717) is 24.2 Å². The minimum absolute atomic E-state index is 0.223. The lowest BCUT2D eigenvalue weighted by atomic mass is 10.1. The molecule has 1 saturated heterocycles. The van der Waals surface area contributed by atoms with Gasteiger partial charge in [-0.25, -0.2) is 9.97 Å².